The highest BCUT2D eigenvalue weighted by atomic mass is 127. The summed E-state index contributed by atoms with van der Waals surface area (Å²) in [5, 5.41) is 0. The third-order valence-electron chi connectivity index (χ3n) is 2.89. The average Bonchev–Trinajstić information content (AvgIpc) is 2.29. The molecular weight excluding hydrogens is 297 g/mol. The van der Waals surface area contributed by atoms with Gasteiger partial charge in [-0.2, -0.15) is 0 Å². The van der Waals surface area contributed by atoms with E-state index in [1.54, 1.807) is 0 Å². The second-order valence-electron chi connectivity index (χ2n) is 4.18. The molecule has 0 saturated carbocycles. The van der Waals surface area contributed by atoms with Crippen molar-refractivity contribution < 1.29 is 0 Å². The number of hydrogen-bond acceptors (Lipinski definition) is 1. The van der Waals surface area contributed by atoms with Crippen molar-refractivity contribution in [3.63, 3.8) is 0 Å². The minimum atomic E-state index is 0.501. The van der Waals surface area contributed by atoms with Gasteiger partial charge in [0.25, 0.3) is 0 Å². The number of hydrogen-bond donors (Lipinski definition) is 0. The van der Waals surface area contributed by atoms with E-state index in [4.69, 9.17) is 0 Å². The molecule has 1 aromatic rings. The smallest absolute Gasteiger partial charge is 0.0415 e. The molecule has 15 heavy (non-hydrogen) atoms. The first-order valence-corrected chi connectivity index (χ1v) is 6.59. The van der Waals surface area contributed by atoms with E-state index in [1.165, 1.54) is 12.0 Å². The van der Waals surface area contributed by atoms with Gasteiger partial charge in [0.1, 0.15) is 0 Å². The largest absolute Gasteiger partial charge is 0.240 e. The van der Waals surface area contributed by atoms with E-state index in [9.17, 15) is 0 Å². The lowest BCUT2D eigenvalue weighted by Crippen LogP contribution is -2.21. The molecule has 0 amide bonds. The van der Waals surface area contributed by atoms with Crippen LogP contribution >= 0.6 is 22.9 Å². The van der Waals surface area contributed by atoms with E-state index in [0.717, 1.165) is 12.5 Å². The molecule has 0 radical (unpaired) electrons. The molecule has 0 aliphatic carbocycles. The van der Waals surface area contributed by atoms with Gasteiger partial charge in [-0.25, -0.2) is 3.11 Å². The summed E-state index contributed by atoms with van der Waals surface area (Å²) in [7, 11) is 0. The van der Waals surface area contributed by atoms with Crippen LogP contribution < -0.4 is 0 Å². The zero-order valence-electron chi connectivity index (χ0n) is 9.78. The Labute approximate surface area is 107 Å². The maximum absolute atomic E-state index is 2.44. The maximum Gasteiger partial charge on any atom is 0.0415 e. The van der Waals surface area contributed by atoms with Crippen LogP contribution in [0, 0.1) is 5.92 Å². The van der Waals surface area contributed by atoms with Gasteiger partial charge in [0.15, 0.2) is 0 Å². The lowest BCUT2D eigenvalue weighted by atomic mass is 10.1. The second kappa shape index (κ2) is 6.48. The molecule has 0 fully saturated rings. The van der Waals surface area contributed by atoms with Gasteiger partial charge in [-0.05, 0) is 18.4 Å². The van der Waals surface area contributed by atoms with Gasteiger partial charge < -0.3 is 0 Å². The minimum Gasteiger partial charge on any atom is -0.240 e. The average molecular weight is 317 g/mol. The lowest BCUT2D eigenvalue weighted by molar-refractivity contribution is 0.350. The van der Waals surface area contributed by atoms with E-state index in [2.05, 4.69) is 77.1 Å². The summed E-state index contributed by atoms with van der Waals surface area (Å²) in [6.07, 6.45) is 1.25. The molecule has 1 rings (SSSR count). The summed E-state index contributed by atoms with van der Waals surface area (Å²) < 4.78 is 2.40. The molecule has 0 aromatic heterocycles. The zero-order chi connectivity index (χ0) is 11.3. The van der Waals surface area contributed by atoms with Crippen molar-refractivity contribution in [3.05, 3.63) is 35.9 Å². The Bertz CT molecular complexity index is 273. The standard InChI is InChI=1S/C13H20IN/c1-4-11(2)10-15(14)12(3)13-8-6-5-7-9-13/h5-9,11-12H,4,10H2,1-3H3/t11-,12-/m1/s1. The van der Waals surface area contributed by atoms with Crippen LogP contribution in [0.3, 0.4) is 0 Å². The fraction of sp³-hybridized carbons (Fsp3) is 0.538. The molecule has 1 nitrogen and oxygen atoms in total. The van der Waals surface area contributed by atoms with Crippen LogP contribution in [-0.2, 0) is 0 Å². The lowest BCUT2D eigenvalue weighted by Gasteiger charge is -2.25. The van der Waals surface area contributed by atoms with Crippen LogP contribution in [0.25, 0.3) is 0 Å². The molecular formula is C13H20IN. The van der Waals surface area contributed by atoms with Crippen LogP contribution in [-0.4, -0.2) is 9.66 Å². The molecule has 0 N–H and O–H groups in total. The summed E-state index contributed by atoms with van der Waals surface area (Å²) >= 11 is 2.44. The quantitative estimate of drug-likeness (QED) is 0.573. The van der Waals surface area contributed by atoms with Gasteiger partial charge in [-0.3, -0.25) is 0 Å². The number of halogens is 1. The van der Waals surface area contributed by atoms with Crippen LogP contribution in [0.2, 0.25) is 0 Å². The number of rotatable bonds is 5. The summed E-state index contributed by atoms with van der Waals surface area (Å²) in [6.45, 7) is 7.99. The monoisotopic (exact) mass is 317 g/mol. The molecule has 2 atom stereocenters. The highest BCUT2D eigenvalue weighted by Crippen LogP contribution is 2.24. The Morgan fingerprint density at radius 2 is 1.80 bits per heavy atom. The van der Waals surface area contributed by atoms with Crippen molar-refractivity contribution in [2.45, 2.75) is 33.2 Å². The topological polar surface area (TPSA) is 3.24 Å². The van der Waals surface area contributed by atoms with E-state index >= 15 is 0 Å². The van der Waals surface area contributed by atoms with E-state index < -0.39 is 0 Å². The molecule has 1 aromatic carbocycles. The van der Waals surface area contributed by atoms with Crippen molar-refractivity contribution in [1.29, 1.82) is 0 Å². The van der Waals surface area contributed by atoms with Gasteiger partial charge in [0.05, 0.1) is 0 Å². The molecule has 84 valence electrons. The zero-order valence-corrected chi connectivity index (χ0v) is 11.9. The van der Waals surface area contributed by atoms with Crippen molar-refractivity contribution in [2.24, 2.45) is 5.92 Å². The van der Waals surface area contributed by atoms with Gasteiger partial charge in [0.2, 0.25) is 0 Å². The first kappa shape index (κ1) is 13.0. The molecule has 0 spiro atoms. The summed E-state index contributed by atoms with van der Waals surface area (Å²) in [5.74, 6) is 0.771. The van der Waals surface area contributed by atoms with Gasteiger partial charge in [-0.1, -0.05) is 50.6 Å². The van der Waals surface area contributed by atoms with Gasteiger partial charge in [0, 0.05) is 35.5 Å². The molecule has 2 heteroatoms. The predicted molar refractivity (Wildman–Crippen MR) is 75.0 cm³/mol. The molecule has 0 aliphatic heterocycles. The molecule has 0 bridgehead atoms. The molecule has 0 saturated heterocycles. The van der Waals surface area contributed by atoms with E-state index in [1.807, 2.05) is 0 Å². The second-order valence-corrected chi connectivity index (χ2v) is 5.42. The number of nitrogens with zero attached hydrogens (tertiary/aromatic N) is 1. The first-order chi connectivity index (χ1) is 7.15. The summed E-state index contributed by atoms with van der Waals surface area (Å²) in [4.78, 5) is 0. The van der Waals surface area contributed by atoms with Crippen molar-refractivity contribution in [3.8, 4) is 0 Å². The third-order valence-corrected chi connectivity index (χ3v) is 4.11. The molecule has 0 unspecified atom stereocenters. The molecule has 0 aliphatic rings. The summed E-state index contributed by atoms with van der Waals surface area (Å²) in [6, 6.07) is 11.2. The van der Waals surface area contributed by atoms with Crippen molar-refractivity contribution >= 4 is 22.9 Å². The van der Waals surface area contributed by atoms with Crippen molar-refractivity contribution in [1.82, 2.24) is 3.11 Å². The van der Waals surface area contributed by atoms with Crippen LogP contribution in [0.4, 0.5) is 0 Å². The highest BCUT2D eigenvalue weighted by Gasteiger charge is 2.14. The maximum atomic E-state index is 2.44. The van der Waals surface area contributed by atoms with E-state index in [0.29, 0.717) is 6.04 Å². The summed E-state index contributed by atoms with van der Waals surface area (Å²) in [5.41, 5.74) is 1.40. The van der Waals surface area contributed by atoms with Crippen LogP contribution in [0.15, 0.2) is 30.3 Å². The normalized spacial score (nSPS) is 15.3. The first-order valence-electron chi connectivity index (χ1n) is 5.62. The molecule has 0 heterocycles. The Morgan fingerprint density at radius 3 is 2.33 bits per heavy atom. The number of benzene rings is 1. The predicted octanol–water partition coefficient (Wildman–Crippen LogP) is 4.45. The van der Waals surface area contributed by atoms with Gasteiger partial charge in [-0.15, -0.1) is 0 Å². The Morgan fingerprint density at radius 1 is 1.20 bits per heavy atom. The third kappa shape index (κ3) is 4.11. The Kier molecular flexibility index (Phi) is 5.61. The Hall–Kier alpha value is -0.0900. The Balaban J connectivity index is 2.57. The van der Waals surface area contributed by atoms with Crippen molar-refractivity contribution in [2.75, 3.05) is 6.54 Å². The highest BCUT2D eigenvalue weighted by molar-refractivity contribution is 14.1. The van der Waals surface area contributed by atoms with Crippen LogP contribution in [0.5, 0.6) is 0 Å². The SMILES string of the molecule is CC[C@@H](C)CN(I)[C@H](C)c1ccccc1. The van der Waals surface area contributed by atoms with E-state index in [-0.39, 0.29) is 0 Å². The minimum absolute atomic E-state index is 0.501. The van der Waals surface area contributed by atoms with Crippen LogP contribution in [0.1, 0.15) is 38.8 Å². The fourth-order valence-corrected chi connectivity index (χ4v) is 2.47. The fourth-order valence-electron chi connectivity index (χ4n) is 1.48. The van der Waals surface area contributed by atoms with Gasteiger partial charge >= 0.3 is 0 Å².